The Hall–Kier alpha value is -3.93. The van der Waals surface area contributed by atoms with Gasteiger partial charge in [0, 0.05) is 36.4 Å². The summed E-state index contributed by atoms with van der Waals surface area (Å²) in [5.74, 6) is -0.0601. The quantitative estimate of drug-likeness (QED) is 0.372. The zero-order valence-electron chi connectivity index (χ0n) is 23.4. The van der Waals surface area contributed by atoms with Crippen LogP contribution in [0.5, 0.6) is 5.75 Å². The first-order chi connectivity index (χ1) is 19.6. The van der Waals surface area contributed by atoms with Crippen molar-refractivity contribution in [1.82, 2.24) is 9.21 Å². The summed E-state index contributed by atoms with van der Waals surface area (Å²) in [6, 6.07) is 21.3. The number of anilines is 2. The molecule has 3 N–H and O–H groups in total. The summed E-state index contributed by atoms with van der Waals surface area (Å²) in [6.07, 6.45) is -0.635. The van der Waals surface area contributed by atoms with Crippen LogP contribution in [0.2, 0.25) is 0 Å². The molecule has 3 atom stereocenters. The van der Waals surface area contributed by atoms with Crippen molar-refractivity contribution in [3.63, 3.8) is 0 Å². The topological polar surface area (TPSA) is 128 Å². The highest BCUT2D eigenvalue weighted by Crippen LogP contribution is 2.30. The van der Waals surface area contributed by atoms with E-state index in [1.54, 1.807) is 72.5 Å². The van der Waals surface area contributed by atoms with Crippen LogP contribution in [0.1, 0.15) is 19.4 Å². The molecule has 0 aromatic heterocycles. The van der Waals surface area contributed by atoms with Gasteiger partial charge in [-0.2, -0.15) is 4.31 Å². The highest BCUT2D eigenvalue weighted by molar-refractivity contribution is 7.89. The third-order valence-corrected chi connectivity index (χ3v) is 8.93. The van der Waals surface area contributed by atoms with Crippen molar-refractivity contribution in [1.29, 1.82) is 0 Å². The van der Waals surface area contributed by atoms with Crippen molar-refractivity contribution in [2.75, 3.05) is 37.4 Å². The van der Waals surface area contributed by atoms with Gasteiger partial charge in [0.05, 0.1) is 30.5 Å². The van der Waals surface area contributed by atoms with E-state index >= 15 is 0 Å². The SMILES string of the molecule is C[C@@H]1CN([C@H](C)CO)C(=O)Cc2cc(NC(=O)Nc3ccccc3)ccc2O[C@H]1CN(C)S(=O)(=O)c1ccccc1. The summed E-state index contributed by atoms with van der Waals surface area (Å²) in [4.78, 5) is 27.8. The summed E-state index contributed by atoms with van der Waals surface area (Å²) in [6.45, 7) is 3.74. The summed E-state index contributed by atoms with van der Waals surface area (Å²) in [7, 11) is -2.28. The van der Waals surface area contributed by atoms with Crippen molar-refractivity contribution in [2.24, 2.45) is 5.92 Å². The predicted octanol–water partition coefficient (Wildman–Crippen LogP) is 3.80. The Kier molecular flexibility index (Phi) is 9.64. The molecule has 0 radical (unpaired) electrons. The number of urea groups is 1. The van der Waals surface area contributed by atoms with Gasteiger partial charge in [-0.25, -0.2) is 13.2 Å². The van der Waals surface area contributed by atoms with Crippen molar-refractivity contribution in [3.05, 3.63) is 84.4 Å². The zero-order chi connectivity index (χ0) is 29.6. The third-order valence-electron chi connectivity index (χ3n) is 7.09. The van der Waals surface area contributed by atoms with Gasteiger partial charge in [0.15, 0.2) is 0 Å². The zero-order valence-corrected chi connectivity index (χ0v) is 24.2. The molecule has 0 saturated carbocycles. The third kappa shape index (κ3) is 7.43. The molecule has 11 heteroatoms. The maximum absolute atomic E-state index is 13.4. The number of hydrogen-bond acceptors (Lipinski definition) is 6. The lowest BCUT2D eigenvalue weighted by molar-refractivity contribution is -0.134. The molecule has 0 aliphatic carbocycles. The molecule has 0 spiro atoms. The van der Waals surface area contributed by atoms with Gasteiger partial charge >= 0.3 is 6.03 Å². The van der Waals surface area contributed by atoms with Crippen LogP contribution < -0.4 is 15.4 Å². The van der Waals surface area contributed by atoms with Crippen molar-refractivity contribution >= 4 is 33.3 Å². The molecule has 218 valence electrons. The van der Waals surface area contributed by atoms with Gasteiger partial charge in [-0.1, -0.05) is 43.3 Å². The van der Waals surface area contributed by atoms with E-state index in [1.807, 2.05) is 25.1 Å². The number of hydrogen-bond donors (Lipinski definition) is 3. The van der Waals surface area contributed by atoms with Crippen molar-refractivity contribution < 1.29 is 27.9 Å². The highest BCUT2D eigenvalue weighted by atomic mass is 32.2. The van der Waals surface area contributed by atoms with Crippen LogP contribution in [-0.4, -0.2) is 73.6 Å². The highest BCUT2D eigenvalue weighted by Gasteiger charge is 2.33. The summed E-state index contributed by atoms with van der Waals surface area (Å²) >= 11 is 0. The van der Waals surface area contributed by atoms with E-state index < -0.39 is 28.2 Å². The smallest absolute Gasteiger partial charge is 0.323 e. The number of nitrogens with zero attached hydrogens (tertiary/aromatic N) is 2. The van der Waals surface area contributed by atoms with Gasteiger partial charge in [-0.15, -0.1) is 0 Å². The van der Waals surface area contributed by atoms with Gasteiger partial charge in [-0.05, 0) is 49.4 Å². The number of likely N-dealkylation sites (N-methyl/N-ethyl adjacent to an activating group) is 1. The normalized spacial score (nSPS) is 18.4. The Balaban J connectivity index is 1.62. The Morgan fingerprint density at radius 3 is 2.34 bits per heavy atom. The number of fused-ring (bicyclic) bond motifs is 1. The second-order valence-corrected chi connectivity index (χ2v) is 12.3. The van der Waals surface area contributed by atoms with Crippen molar-refractivity contribution in [2.45, 2.75) is 37.3 Å². The van der Waals surface area contributed by atoms with Crippen molar-refractivity contribution in [3.8, 4) is 5.75 Å². The number of aliphatic hydroxyl groups excluding tert-OH is 1. The largest absolute Gasteiger partial charge is 0.488 e. The van der Waals surface area contributed by atoms with E-state index in [9.17, 15) is 23.1 Å². The maximum atomic E-state index is 13.4. The molecule has 1 heterocycles. The van der Waals surface area contributed by atoms with Gasteiger partial charge in [-0.3, -0.25) is 4.79 Å². The average Bonchev–Trinajstić information content (AvgIpc) is 3.01. The molecule has 0 fully saturated rings. The average molecular weight is 581 g/mol. The number of amides is 3. The molecule has 41 heavy (non-hydrogen) atoms. The summed E-state index contributed by atoms with van der Waals surface area (Å²) in [5, 5.41) is 15.4. The van der Waals surface area contributed by atoms with Gasteiger partial charge in [0.1, 0.15) is 11.9 Å². The second kappa shape index (κ2) is 13.2. The minimum atomic E-state index is -3.78. The Morgan fingerprint density at radius 2 is 1.68 bits per heavy atom. The molecule has 4 rings (SSSR count). The first kappa shape index (κ1) is 30.0. The first-order valence-corrected chi connectivity index (χ1v) is 14.9. The Labute approximate surface area is 241 Å². The molecular weight excluding hydrogens is 544 g/mol. The van der Waals surface area contributed by atoms with E-state index in [0.717, 1.165) is 0 Å². The summed E-state index contributed by atoms with van der Waals surface area (Å²) in [5.41, 5.74) is 1.63. The van der Waals surface area contributed by atoms with Crippen LogP contribution in [0.25, 0.3) is 0 Å². The molecule has 1 aliphatic heterocycles. The van der Waals surface area contributed by atoms with E-state index in [1.165, 1.54) is 11.4 Å². The van der Waals surface area contributed by atoms with E-state index in [0.29, 0.717) is 22.7 Å². The van der Waals surface area contributed by atoms with Crippen LogP contribution in [-0.2, 0) is 21.2 Å². The Bertz CT molecular complexity index is 1450. The molecule has 0 bridgehead atoms. The number of carbonyl (C=O) groups is 2. The number of benzene rings is 3. The van der Waals surface area contributed by atoms with Crippen LogP contribution in [0, 0.1) is 5.92 Å². The number of carbonyl (C=O) groups excluding carboxylic acids is 2. The number of para-hydroxylation sites is 1. The number of ether oxygens (including phenoxy) is 1. The maximum Gasteiger partial charge on any atom is 0.323 e. The number of nitrogens with one attached hydrogen (secondary N) is 2. The van der Waals surface area contributed by atoms with Gasteiger partial charge < -0.3 is 25.4 Å². The molecule has 0 saturated heterocycles. The monoisotopic (exact) mass is 580 g/mol. The molecule has 3 amide bonds. The molecule has 3 aromatic carbocycles. The van der Waals surface area contributed by atoms with E-state index in [-0.39, 0.29) is 42.8 Å². The standard InChI is InChI=1S/C30H36N4O6S/c1-21-18-34(22(2)20-35)29(36)17-23-16-25(32-30(37)31-24-10-6-4-7-11-24)14-15-27(23)40-28(21)19-33(3)41(38,39)26-12-8-5-9-13-26/h4-16,21-22,28,35H,17-20H2,1-3H3,(H2,31,32,37)/t21-,22-,28+/m1/s1. The summed E-state index contributed by atoms with van der Waals surface area (Å²) < 4.78 is 34.2. The fourth-order valence-corrected chi connectivity index (χ4v) is 5.87. The lowest BCUT2D eigenvalue weighted by Gasteiger charge is -2.33. The molecule has 3 aromatic rings. The second-order valence-electron chi connectivity index (χ2n) is 10.3. The minimum Gasteiger partial charge on any atom is -0.488 e. The van der Waals surface area contributed by atoms with E-state index in [4.69, 9.17) is 4.74 Å². The Morgan fingerprint density at radius 1 is 1.05 bits per heavy atom. The molecule has 0 unspecified atom stereocenters. The van der Waals surface area contributed by atoms with Crippen LogP contribution >= 0.6 is 0 Å². The van der Waals surface area contributed by atoms with Crippen LogP contribution in [0.4, 0.5) is 16.2 Å². The lowest BCUT2D eigenvalue weighted by atomic mass is 10.0. The minimum absolute atomic E-state index is 0.0207. The van der Waals surface area contributed by atoms with Crippen LogP contribution in [0.3, 0.4) is 0 Å². The van der Waals surface area contributed by atoms with Crippen LogP contribution in [0.15, 0.2) is 83.8 Å². The van der Waals surface area contributed by atoms with Gasteiger partial charge in [0.2, 0.25) is 15.9 Å². The molecular formula is C30H36N4O6S. The number of aliphatic hydroxyl groups is 1. The predicted molar refractivity (Wildman–Crippen MR) is 157 cm³/mol. The van der Waals surface area contributed by atoms with E-state index in [2.05, 4.69) is 10.6 Å². The number of sulfonamides is 1. The molecule has 10 nitrogen and oxygen atoms in total. The van der Waals surface area contributed by atoms with Gasteiger partial charge in [0.25, 0.3) is 0 Å². The fourth-order valence-electron chi connectivity index (χ4n) is 4.66. The first-order valence-electron chi connectivity index (χ1n) is 13.4. The lowest BCUT2D eigenvalue weighted by Crippen LogP contribution is -2.48. The molecule has 1 aliphatic rings. The fraction of sp³-hybridized carbons (Fsp3) is 0.333. The number of rotatable bonds is 8.